The lowest BCUT2D eigenvalue weighted by Crippen LogP contribution is -2.34. The van der Waals surface area contributed by atoms with Gasteiger partial charge >= 0.3 is 0 Å². The summed E-state index contributed by atoms with van der Waals surface area (Å²) >= 11 is 0. The van der Waals surface area contributed by atoms with E-state index in [1.807, 2.05) is 48.5 Å². The van der Waals surface area contributed by atoms with Gasteiger partial charge in [0.05, 0.1) is 20.3 Å². The number of ether oxygens (including phenoxy) is 2. The quantitative estimate of drug-likeness (QED) is 0.760. The second-order valence-corrected chi connectivity index (χ2v) is 6.55. The molecular formula is C21H27ClN2O3. The predicted molar refractivity (Wildman–Crippen MR) is 109 cm³/mol. The highest BCUT2D eigenvalue weighted by atomic mass is 35.5. The molecule has 0 saturated carbocycles. The van der Waals surface area contributed by atoms with E-state index in [2.05, 4.69) is 10.6 Å². The minimum atomic E-state index is -0.255. The fraction of sp³-hybridized carbons (Fsp3) is 0.381. The molecule has 1 saturated heterocycles. The highest BCUT2D eigenvalue weighted by molar-refractivity contribution is 5.85. The maximum atomic E-state index is 12.7. The van der Waals surface area contributed by atoms with Crippen LogP contribution in [0, 0.1) is 0 Å². The first-order chi connectivity index (χ1) is 12.7. The molecule has 0 aliphatic carbocycles. The largest absolute Gasteiger partial charge is 0.497 e. The summed E-state index contributed by atoms with van der Waals surface area (Å²) in [7, 11) is 3.29. The van der Waals surface area contributed by atoms with Gasteiger partial charge in [-0.2, -0.15) is 0 Å². The van der Waals surface area contributed by atoms with Gasteiger partial charge in [0.15, 0.2) is 0 Å². The molecule has 2 aromatic rings. The van der Waals surface area contributed by atoms with Crippen LogP contribution in [0.15, 0.2) is 48.5 Å². The first-order valence-electron chi connectivity index (χ1n) is 9.00. The number of methoxy groups -OCH3 is 2. The van der Waals surface area contributed by atoms with E-state index in [4.69, 9.17) is 9.47 Å². The monoisotopic (exact) mass is 390 g/mol. The molecule has 6 heteroatoms. The van der Waals surface area contributed by atoms with Gasteiger partial charge in [-0.3, -0.25) is 4.79 Å². The summed E-state index contributed by atoms with van der Waals surface area (Å²) < 4.78 is 10.7. The van der Waals surface area contributed by atoms with Gasteiger partial charge in [-0.05, 0) is 54.8 Å². The number of rotatable bonds is 7. The van der Waals surface area contributed by atoms with E-state index < -0.39 is 0 Å². The number of carbonyl (C=O) groups is 1. The Morgan fingerprint density at radius 3 is 2.19 bits per heavy atom. The molecule has 1 heterocycles. The topological polar surface area (TPSA) is 59.6 Å². The second kappa shape index (κ2) is 10.2. The lowest BCUT2D eigenvalue weighted by Gasteiger charge is -2.22. The number of amides is 1. The molecule has 1 amide bonds. The summed E-state index contributed by atoms with van der Waals surface area (Å²) in [5.41, 5.74) is 1.95. The maximum Gasteiger partial charge on any atom is 0.222 e. The van der Waals surface area contributed by atoms with Gasteiger partial charge in [0.1, 0.15) is 11.5 Å². The fourth-order valence-electron chi connectivity index (χ4n) is 3.38. The predicted octanol–water partition coefficient (Wildman–Crippen LogP) is 3.47. The van der Waals surface area contributed by atoms with Gasteiger partial charge in [-0.1, -0.05) is 24.3 Å². The number of carbonyl (C=O) groups excluding carboxylic acids is 1. The van der Waals surface area contributed by atoms with Crippen LogP contribution in [0.4, 0.5) is 0 Å². The normalized spacial score (nSPS) is 15.9. The molecule has 146 valence electrons. The molecule has 0 aromatic heterocycles. The van der Waals surface area contributed by atoms with Crippen molar-refractivity contribution in [1.29, 1.82) is 0 Å². The Balaban J connectivity index is 0.00000261. The van der Waals surface area contributed by atoms with E-state index in [1.54, 1.807) is 14.2 Å². The van der Waals surface area contributed by atoms with Crippen molar-refractivity contribution in [2.24, 2.45) is 0 Å². The van der Waals surface area contributed by atoms with Gasteiger partial charge in [0.2, 0.25) is 5.91 Å². The van der Waals surface area contributed by atoms with Crippen molar-refractivity contribution in [1.82, 2.24) is 10.6 Å². The van der Waals surface area contributed by atoms with Crippen molar-refractivity contribution in [3.05, 3.63) is 59.7 Å². The average Bonchev–Trinajstić information content (AvgIpc) is 3.19. The SMILES string of the molecule is COc1cccc(C(NC(=O)CC2CCCN2)c2cccc(OC)c2)c1.Cl. The molecule has 1 unspecified atom stereocenters. The standard InChI is InChI=1S/C21H26N2O3.ClH/c1-25-18-9-3-6-15(12-18)21(16-7-4-10-19(13-16)26-2)23-20(24)14-17-8-5-11-22-17;/h3-4,6-7,9-10,12-13,17,21-22H,5,8,11,14H2,1-2H3,(H,23,24);1H. The number of hydrogen-bond donors (Lipinski definition) is 2. The van der Waals surface area contributed by atoms with Crippen LogP contribution in [0.25, 0.3) is 0 Å². The van der Waals surface area contributed by atoms with Crippen LogP contribution in [0.3, 0.4) is 0 Å². The van der Waals surface area contributed by atoms with E-state index in [9.17, 15) is 4.79 Å². The molecule has 2 aromatic carbocycles. The van der Waals surface area contributed by atoms with Crippen molar-refractivity contribution >= 4 is 18.3 Å². The fourth-order valence-corrected chi connectivity index (χ4v) is 3.38. The molecule has 1 aliphatic heterocycles. The number of halogens is 1. The van der Waals surface area contributed by atoms with Crippen LogP contribution in [0.5, 0.6) is 11.5 Å². The lowest BCUT2D eigenvalue weighted by molar-refractivity contribution is -0.122. The third-order valence-corrected chi connectivity index (χ3v) is 4.75. The first-order valence-corrected chi connectivity index (χ1v) is 9.00. The van der Waals surface area contributed by atoms with Crippen molar-refractivity contribution in [3.8, 4) is 11.5 Å². The molecule has 1 fully saturated rings. The zero-order valence-corrected chi connectivity index (χ0v) is 16.6. The summed E-state index contributed by atoms with van der Waals surface area (Å²) in [5, 5.41) is 6.57. The summed E-state index contributed by atoms with van der Waals surface area (Å²) in [5.74, 6) is 1.57. The summed E-state index contributed by atoms with van der Waals surface area (Å²) in [6.45, 7) is 0.993. The van der Waals surface area contributed by atoms with E-state index in [0.29, 0.717) is 6.42 Å². The molecule has 3 rings (SSSR count). The van der Waals surface area contributed by atoms with Crippen molar-refractivity contribution < 1.29 is 14.3 Å². The van der Waals surface area contributed by atoms with Crippen LogP contribution in [0.1, 0.15) is 36.4 Å². The van der Waals surface area contributed by atoms with Crippen LogP contribution >= 0.6 is 12.4 Å². The van der Waals surface area contributed by atoms with E-state index in [1.165, 1.54) is 0 Å². The molecule has 5 nitrogen and oxygen atoms in total. The van der Waals surface area contributed by atoms with Crippen molar-refractivity contribution in [3.63, 3.8) is 0 Å². The molecule has 0 bridgehead atoms. The number of nitrogens with one attached hydrogen (secondary N) is 2. The van der Waals surface area contributed by atoms with Gasteiger partial charge in [0.25, 0.3) is 0 Å². The second-order valence-electron chi connectivity index (χ2n) is 6.55. The summed E-state index contributed by atoms with van der Waals surface area (Å²) in [6, 6.07) is 15.6. The highest BCUT2D eigenvalue weighted by Gasteiger charge is 2.22. The lowest BCUT2D eigenvalue weighted by atomic mass is 9.97. The van der Waals surface area contributed by atoms with Crippen molar-refractivity contribution in [2.45, 2.75) is 31.3 Å². The molecule has 0 spiro atoms. The van der Waals surface area contributed by atoms with Crippen molar-refractivity contribution in [2.75, 3.05) is 20.8 Å². The number of hydrogen-bond acceptors (Lipinski definition) is 4. The van der Waals surface area contributed by atoms with E-state index in [0.717, 1.165) is 42.0 Å². The van der Waals surface area contributed by atoms with Crippen LogP contribution < -0.4 is 20.1 Å². The Labute approximate surface area is 166 Å². The third kappa shape index (κ3) is 5.62. The molecule has 0 radical (unpaired) electrons. The Morgan fingerprint density at radius 1 is 1.11 bits per heavy atom. The van der Waals surface area contributed by atoms with Gasteiger partial charge in [-0.15, -0.1) is 12.4 Å². The minimum Gasteiger partial charge on any atom is -0.497 e. The average molecular weight is 391 g/mol. The van der Waals surface area contributed by atoms with Crippen LogP contribution in [-0.4, -0.2) is 32.7 Å². The molecule has 1 aliphatic rings. The van der Waals surface area contributed by atoms with E-state index in [-0.39, 0.29) is 30.4 Å². The number of benzene rings is 2. The highest BCUT2D eigenvalue weighted by Crippen LogP contribution is 2.28. The summed E-state index contributed by atoms with van der Waals surface area (Å²) in [4.78, 5) is 12.7. The van der Waals surface area contributed by atoms with Gasteiger partial charge in [-0.25, -0.2) is 0 Å². The first kappa shape index (κ1) is 21.1. The van der Waals surface area contributed by atoms with Gasteiger partial charge in [0, 0.05) is 12.5 Å². The molecule has 2 N–H and O–H groups in total. The summed E-state index contributed by atoms with van der Waals surface area (Å²) in [6.07, 6.45) is 2.67. The smallest absolute Gasteiger partial charge is 0.222 e. The Bertz CT molecular complexity index is 700. The van der Waals surface area contributed by atoms with Crippen LogP contribution in [-0.2, 0) is 4.79 Å². The molecule has 27 heavy (non-hydrogen) atoms. The minimum absolute atomic E-state index is 0. The van der Waals surface area contributed by atoms with E-state index >= 15 is 0 Å². The van der Waals surface area contributed by atoms with Gasteiger partial charge < -0.3 is 20.1 Å². The van der Waals surface area contributed by atoms with Crippen LogP contribution in [0.2, 0.25) is 0 Å². The molecule has 1 atom stereocenters. The maximum absolute atomic E-state index is 12.7. The zero-order valence-electron chi connectivity index (χ0n) is 15.7. The third-order valence-electron chi connectivity index (χ3n) is 4.75. The Kier molecular flexibility index (Phi) is 7.95. The zero-order chi connectivity index (χ0) is 18.4. The Morgan fingerprint density at radius 2 is 1.70 bits per heavy atom. The molecular weight excluding hydrogens is 364 g/mol. The Hall–Kier alpha value is -2.24.